The third-order valence-electron chi connectivity index (χ3n) is 2.04. The van der Waals surface area contributed by atoms with Gasteiger partial charge in [0.1, 0.15) is 10.6 Å². The van der Waals surface area contributed by atoms with Crippen LogP contribution in [0.2, 0.25) is 0 Å². The van der Waals surface area contributed by atoms with Crippen molar-refractivity contribution in [2.75, 3.05) is 12.3 Å². The molecule has 0 aliphatic heterocycles. The van der Waals surface area contributed by atoms with Crippen LogP contribution in [0.1, 0.15) is 27.9 Å². The molecule has 0 aromatic carbocycles. The van der Waals surface area contributed by atoms with Crippen molar-refractivity contribution >= 4 is 34.0 Å². The lowest BCUT2D eigenvalue weighted by Gasteiger charge is -2.02. The van der Waals surface area contributed by atoms with Gasteiger partial charge >= 0.3 is 5.97 Å². The van der Waals surface area contributed by atoms with Crippen molar-refractivity contribution in [3.05, 3.63) is 21.9 Å². The normalized spacial score (nSPS) is 12.1. The van der Waals surface area contributed by atoms with Gasteiger partial charge in [-0.15, -0.1) is 11.3 Å². The van der Waals surface area contributed by atoms with E-state index in [2.05, 4.69) is 5.32 Å². The maximum atomic E-state index is 11.7. The molecule has 1 heterocycles. The number of carboxylic acid groups (broad SMARTS) is 1. The molecule has 5 nitrogen and oxygen atoms in total. The second kappa shape index (κ2) is 7.27. The van der Waals surface area contributed by atoms with Crippen LogP contribution in [0.15, 0.2) is 12.1 Å². The Morgan fingerprint density at radius 3 is 2.72 bits per heavy atom. The summed E-state index contributed by atoms with van der Waals surface area (Å²) in [7, 11) is -1.30. The van der Waals surface area contributed by atoms with Crippen molar-refractivity contribution in [3.63, 3.8) is 0 Å². The summed E-state index contributed by atoms with van der Waals surface area (Å²) in [6.45, 7) is 2.52. The van der Waals surface area contributed by atoms with E-state index in [-0.39, 0.29) is 22.3 Å². The van der Waals surface area contributed by atoms with E-state index in [1.54, 1.807) is 6.07 Å². The average Bonchev–Trinajstić information content (AvgIpc) is 2.74. The molecule has 0 saturated heterocycles. The number of thiophene rings is 1. The number of carboxylic acids is 1. The topological polar surface area (TPSA) is 83.5 Å². The van der Waals surface area contributed by atoms with Crippen molar-refractivity contribution in [2.45, 2.75) is 19.1 Å². The van der Waals surface area contributed by atoms with Gasteiger partial charge in [-0.2, -0.15) is 0 Å². The van der Waals surface area contributed by atoms with Crippen LogP contribution in [-0.4, -0.2) is 33.5 Å². The van der Waals surface area contributed by atoms with Crippen LogP contribution in [0.4, 0.5) is 0 Å². The number of hydrogen-bond donors (Lipinski definition) is 2. The van der Waals surface area contributed by atoms with Gasteiger partial charge in [-0.1, -0.05) is 6.92 Å². The van der Waals surface area contributed by atoms with E-state index in [1.165, 1.54) is 6.07 Å². The number of rotatable bonds is 7. The summed E-state index contributed by atoms with van der Waals surface area (Å²) in [5, 5.41) is 11.4. The van der Waals surface area contributed by atoms with Crippen molar-refractivity contribution in [1.82, 2.24) is 5.32 Å². The zero-order valence-corrected chi connectivity index (χ0v) is 11.6. The lowest BCUT2D eigenvalue weighted by atomic mass is 10.4. The highest BCUT2D eigenvalue weighted by Gasteiger charge is 2.11. The monoisotopic (exact) mass is 289 g/mol. The number of carbonyl (C=O) groups is 2. The first-order chi connectivity index (χ1) is 8.52. The van der Waals surface area contributed by atoms with Crippen LogP contribution >= 0.6 is 11.3 Å². The Hall–Kier alpha value is -1.21. The SMILES string of the molecule is CCCNC(=O)CS(=O)Cc1ccc(C(=O)O)s1. The molecule has 1 atom stereocenters. The molecule has 1 rings (SSSR count). The smallest absolute Gasteiger partial charge is 0.345 e. The van der Waals surface area contributed by atoms with Gasteiger partial charge in [-0.05, 0) is 18.6 Å². The zero-order valence-electron chi connectivity index (χ0n) is 9.97. The summed E-state index contributed by atoms with van der Waals surface area (Å²) >= 11 is 1.09. The van der Waals surface area contributed by atoms with E-state index in [1.807, 2.05) is 6.92 Å². The van der Waals surface area contributed by atoms with Crippen LogP contribution in [0, 0.1) is 0 Å². The van der Waals surface area contributed by atoms with Gasteiger partial charge in [0.05, 0.1) is 5.75 Å². The Balaban J connectivity index is 2.44. The van der Waals surface area contributed by atoms with Crippen LogP contribution in [0.25, 0.3) is 0 Å². The second-order valence-electron chi connectivity index (χ2n) is 3.65. The molecule has 1 amide bonds. The first-order valence-electron chi connectivity index (χ1n) is 5.46. The zero-order chi connectivity index (χ0) is 13.5. The molecule has 100 valence electrons. The molecule has 0 fully saturated rings. The minimum atomic E-state index is -1.30. The van der Waals surface area contributed by atoms with E-state index in [0.717, 1.165) is 17.8 Å². The molecule has 7 heteroatoms. The molecule has 0 spiro atoms. The maximum absolute atomic E-state index is 11.7. The highest BCUT2D eigenvalue weighted by Crippen LogP contribution is 2.18. The van der Waals surface area contributed by atoms with Gasteiger partial charge in [0.15, 0.2) is 0 Å². The number of carbonyl (C=O) groups excluding carboxylic acids is 1. The van der Waals surface area contributed by atoms with Crippen molar-refractivity contribution < 1.29 is 18.9 Å². The van der Waals surface area contributed by atoms with Gasteiger partial charge in [-0.3, -0.25) is 9.00 Å². The Bertz CT molecular complexity index is 456. The third kappa shape index (κ3) is 4.97. The molecule has 0 aliphatic rings. The number of amides is 1. The largest absolute Gasteiger partial charge is 0.477 e. The van der Waals surface area contributed by atoms with E-state index in [9.17, 15) is 13.8 Å². The Kier molecular flexibility index (Phi) is 6.00. The van der Waals surface area contributed by atoms with E-state index in [4.69, 9.17) is 5.11 Å². The van der Waals surface area contributed by atoms with Crippen LogP contribution in [0.5, 0.6) is 0 Å². The Labute approximate surface area is 112 Å². The van der Waals surface area contributed by atoms with Gasteiger partial charge in [0, 0.05) is 22.2 Å². The van der Waals surface area contributed by atoms with E-state index in [0.29, 0.717) is 11.4 Å². The van der Waals surface area contributed by atoms with Gasteiger partial charge in [-0.25, -0.2) is 4.79 Å². The first-order valence-corrected chi connectivity index (χ1v) is 7.77. The third-order valence-corrected chi connectivity index (χ3v) is 4.51. The van der Waals surface area contributed by atoms with Crippen molar-refractivity contribution in [2.24, 2.45) is 0 Å². The summed E-state index contributed by atoms with van der Waals surface area (Å²) in [6.07, 6.45) is 0.839. The minimum Gasteiger partial charge on any atom is -0.477 e. The molecule has 0 radical (unpaired) electrons. The second-order valence-corrected chi connectivity index (χ2v) is 6.27. The van der Waals surface area contributed by atoms with E-state index >= 15 is 0 Å². The summed E-state index contributed by atoms with van der Waals surface area (Å²) in [5.41, 5.74) is 0. The van der Waals surface area contributed by atoms with Crippen molar-refractivity contribution in [3.8, 4) is 0 Å². The van der Waals surface area contributed by atoms with Gasteiger partial charge in [0.2, 0.25) is 5.91 Å². The maximum Gasteiger partial charge on any atom is 0.345 e. The van der Waals surface area contributed by atoms with Crippen LogP contribution < -0.4 is 5.32 Å². The predicted octanol–water partition coefficient (Wildman–Crippen LogP) is 1.22. The predicted molar refractivity (Wildman–Crippen MR) is 71.3 cm³/mol. The fourth-order valence-electron chi connectivity index (χ4n) is 1.24. The summed E-state index contributed by atoms with van der Waals surface area (Å²) in [5.74, 6) is -1.04. The van der Waals surface area contributed by atoms with E-state index < -0.39 is 16.8 Å². The fourth-order valence-corrected chi connectivity index (χ4v) is 3.42. The standard InChI is InChI=1S/C11H15NO4S2/c1-2-5-12-10(13)7-18(16)6-8-3-4-9(17-8)11(14)15/h3-4H,2,5-7H2,1H3,(H,12,13)(H,14,15). The fraction of sp³-hybridized carbons (Fsp3) is 0.455. The quantitative estimate of drug-likeness (QED) is 0.790. The van der Waals surface area contributed by atoms with Crippen LogP contribution in [0.3, 0.4) is 0 Å². The molecule has 0 saturated carbocycles. The molecular formula is C11H15NO4S2. The van der Waals surface area contributed by atoms with Gasteiger partial charge in [0.25, 0.3) is 0 Å². The molecule has 0 aliphatic carbocycles. The average molecular weight is 289 g/mol. The first kappa shape index (κ1) is 14.8. The summed E-state index contributed by atoms with van der Waals surface area (Å²) in [4.78, 5) is 22.9. The lowest BCUT2D eigenvalue weighted by molar-refractivity contribution is -0.118. The molecular weight excluding hydrogens is 274 g/mol. The van der Waals surface area contributed by atoms with Crippen LogP contribution in [-0.2, 0) is 21.3 Å². The summed E-state index contributed by atoms with van der Waals surface area (Å²) < 4.78 is 11.7. The Morgan fingerprint density at radius 2 is 2.17 bits per heavy atom. The molecule has 1 unspecified atom stereocenters. The van der Waals surface area contributed by atoms with Crippen molar-refractivity contribution in [1.29, 1.82) is 0 Å². The number of nitrogens with one attached hydrogen (secondary N) is 1. The molecule has 1 aromatic heterocycles. The molecule has 18 heavy (non-hydrogen) atoms. The number of aromatic carboxylic acids is 1. The Morgan fingerprint density at radius 1 is 1.44 bits per heavy atom. The van der Waals surface area contributed by atoms with Gasteiger partial charge < -0.3 is 10.4 Å². The highest BCUT2D eigenvalue weighted by molar-refractivity contribution is 7.85. The lowest BCUT2D eigenvalue weighted by Crippen LogP contribution is -2.29. The minimum absolute atomic E-state index is 0.0414. The number of hydrogen-bond acceptors (Lipinski definition) is 4. The molecule has 1 aromatic rings. The molecule has 2 N–H and O–H groups in total. The summed E-state index contributed by atoms with van der Waals surface area (Å²) in [6, 6.07) is 3.12. The molecule has 0 bridgehead atoms. The highest BCUT2D eigenvalue weighted by atomic mass is 32.2.